The summed E-state index contributed by atoms with van der Waals surface area (Å²) in [4.78, 5) is 20.1. The summed E-state index contributed by atoms with van der Waals surface area (Å²) in [5.74, 6) is 1.90. The highest BCUT2D eigenvalue weighted by atomic mass is 16.6. The van der Waals surface area contributed by atoms with Gasteiger partial charge < -0.3 is 14.4 Å². The monoisotopic (exact) mass is 385 g/mol. The number of benzene rings is 1. The van der Waals surface area contributed by atoms with E-state index >= 15 is 0 Å². The maximum Gasteiger partial charge on any atom is 0.237 e. The van der Waals surface area contributed by atoms with E-state index in [1.54, 1.807) is 0 Å². The SMILES string of the molecule is O=C(CN1CCN(C2CCC2)CC1)N1CCCC1c1ccc2c(c1)OCCO2. The van der Waals surface area contributed by atoms with E-state index in [0.29, 0.717) is 19.8 Å². The second-order valence-electron chi connectivity index (χ2n) is 8.55. The molecule has 6 nitrogen and oxygen atoms in total. The van der Waals surface area contributed by atoms with Crippen molar-refractivity contribution in [2.45, 2.75) is 44.2 Å². The van der Waals surface area contributed by atoms with Crippen molar-refractivity contribution in [2.75, 3.05) is 52.5 Å². The minimum absolute atomic E-state index is 0.166. The summed E-state index contributed by atoms with van der Waals surface area (Å²) >= 11 is 0. The number of hydrogen-bond acceptors (Lipinski definition) is 5. The fraction of sp³-hybridized carbons (Fsp3) is 0.682. The van der Waals surface area contributed by atoms with Crippen molar-refractivity contribution in [3.8, 4) is 11.5 Å². The van der Waals surface area contributed by atoms with E-state index in [2.05, 4.69) is 26.8 Å². The Morgan fingerprint density at radius 2 is 1.71 bits per heavy atom. The van der Waals surface area contributed by atoms with Crippen molar-refractivity contribution in [1.29, 1.82) is 0 Å². The molecular formula is C22H31N3O3. The van der Waals surface area contributed by atoms with Crippen molar-refractivity contribution in [3.63, 3.8) is 0 Å². The minimum Gasteiger partial charge on any atom is -0.486 e. The predicted octanol–water partition coefficient (Wildman–Crippen LogP) is 2.29. The molecule has 0 bridgehead atoms. The Hall–Kier alpha value is -1.79. The zero-order valence-corrected chi connectivity index (χ0v) is 16.6. The van der Waals surface area contributed by atoms with Crippen LogP contribution < -0.4 is 9.47 Å². The molecule has 0 N–H and O–H groups in total. The Labute approximate surface area is 167 Å². The first-order valence-corrected chi connectivity index (χ1v) is 10.9. The highest BCUT2D eigenvalue weighted by molar-refractivity contribution is 5.79. The van der Waals surface area contributed by atoms with Crippen molar-refractivity contribution >= 4 is 5.91 Å². The molecule has 0 aromatic heterocycles. The second kappa shape index (κ2) is 7.91. The molecule has 1 amide bonds. The molecule has 5 rings (SSSR count). The van der Waals surface area contributed by atoms with E-state index in [9.17, 15) is 4.79 Å². The number of fused-ring (bicyclic) bond motifs is 1. The highest BCUT2D eigenvalue weighted by Crippen LogP contribution is 2.38. The minimum atomic E-state index is 0.166. The molecule has 3 heterocycles. The van der Waals surface area contributed by atoms with Crippen molar-refractivity contribution < 1.29 is 14.3 Å². The number of ether oxygens (including phenoxy) is 2. The summed E-state index contributed by atoms with van der Waals surface area (Å²) in [7, 11) is 0. The zero-order valence-electron chi connectivity index (χ0n) is 16.6. The van der Waals surface area contributed by atoms with Crippen LogP contribution in [0.2, 0.25) is 0 Å². The van der Waals surface area contributed by atoms with Gasteiger partial charge in [-0.25, -0.2) is 0 Å². The third-order valence-electron chi connectivity index (χ3n) is 6.88. The smallest absolute Gasteiger partial charge is 0.237 e. The topological polar surface area (TPSA) is 45.3 Å². The molecule has 1 aromatic carbocycles. The van der Waals surface area contributed by atoms with Crippen LogP contribution in [0.4, 0.5) is 0 Å². The highest BCUT2D eigenvalue weighted by Gasteiger charge is 2.33. The Bertz CT molecular complexity index is 713. The Balaban J connectivity index is 1.20. The van der Waals surface area contributed by atoms with Gasteiger partial charge in [0.15, 0.2) is 11.5 Å². The standard InChI is InChI=1S/C22H31N3O3/c26-22(16-23-9-11-24(12-10-23)18-3-1-4-18)25-8-2-5-19(25)17-6-7-20-21(15-17)28-14-13-27-20/h6-7,15,18-19H,1-5,8-14,16H2. The lowest BCUT2D eigenvalue weighted by Gasteiger charge is -2.43. The van der Waals surface area contributed by atoms with Gasteiger partial charge in [0.25, 0.3) is 0 Å². The maximum atomic E-state index is 13.1. The molecule has 1 aliphatic carbocycles. The third kappa shape index (κ3) is 3.60. The Kier molecular flexibility index (Phi) is 5.16. The molecule has 1 unspecified atom stereocenters. The average molecular weight is 386 g/mol. The summed E-state index contributed by atoms with van der Waals surface area (Å²) in [6.45, 7) is 6.88. The van der Waals surface area contributed by atoms with E-state index in [1.807, 2.05) is 6.07 Å². The number of piperazine rings is 1. The van der Waals surface area contributed by atoms with Gasteiger partial charge in [-0.05, 0) is 43.4 Å². The molecule has 2 saturated heterocycles. The van der Waals surface area contributed by atoms with Gasteiger partial charge in [0.1, 0.15) is 13.2 Å². The number of amides is 1. The van der Waals surface area contributed by atoms with Gasteiger partial charge in [0, 0.05) is 38.8 Å². The lowest BCUT2D eigenvalue weighted by molar-refractivity contribution is -0.134. The number of carbonyl (C=O) groups excluding carboxylic acids is 1. The molecule has 0 spiro atoms. The van der Waals surface area contributed by atoms with Crippen LogP contribution in [0.5, 0.6) is 11.5 Å². The summed E-state index contributed by atoms with van der Waals surface area (Å²) in [5, 5.41) is 0. The van der Waals surface area contributed by atoms with Crippen LogP contribution in [0.1, 0.15) is 43.7 Å². The second-order valence-corrected chi connectivity index (χ2v) is 8.55. The largest absolute Gasteiger partial charge is 0.486 e. The van der Waals surface area contributed by atoms with Gasteiger partial charge in [-0.2, -0.15) is 0 Å². The van der Waals surface area contributed by atoms with Crippen molar-refractivity contribution in [3.05, 3.63) is 23.8 Å². The summed E-state index contributed by atoms with van der Waals surface area (Å²) in [6.07, 6.45) is 6.22. The molecule has 28 heavy (non-hydrogen) atoms. The summed E-state index contributed by atoms with van der Waals surface area (Å²) in [5.41, 5.74) is 1.17. The van der Waals surface area contributed by atoms with E-state index in [0.717, 1.165) is 63.1 Å². The molecule has 1 atom stereocenters. The number of nitrogens with zero attached hydrogens (tertiary/aromatic N) is 3. The number of hydrogen-bond donors (Lipinski definition) is 0. The first-order valence-electron chi connectivity index (χ1n) is 10.9. The van der Waals surface area contributed by atoms with E-state index in [-0.39, 0.29) is 11.9 Å². The van der Waals surface area contributed by atoms with Crippen LogP contribution in [-0.4, -0.2) is 79.1 Å². The predicted molar refractivity (Wildman–Crippen MR) is 107 cm³/mol. The molecule has 6 heteroatoms. The molecule has 0 radical (unpaired) electrons. The van der Waals surface area contributed by atoms with Gasteiger partial charge in [-0.3, -0.25) is 14.6 Å². The third-order valence-corrected chi connectivity index (χ3v) is 6.88. The van der Waals surface area contributed by atoms with Crippen molar-refractivity contribution in [2.24, 2.45) is 0 Å². The first-order chi connectivity index (χ1) is 13.8. The summed E-state index contributed by atoms with van der Waals surface area (Å²) < 4.78 is 11.4. The van der Waals surface area contributed by atoms with Crippen molar-refractivity contribution in [1.82, 2.24) is 14.7 Å². The Morgan fingerprint density at radius 1 is 0.929 bits per heavy atom. The van der Waals surface area contributed by atoms with Crippen LogP contribution in [0.3, 0.4) is 0 Å². The van der Waals surface area contributed by atoms with E-state index < -0.39 is 0 Å². The quantitative estimate of drug-likeness (QED) is 0.796. The van der Waals surface area contributed by atoms with Gasteiger partial charge in [-0.1, -0.05) is 12.5 Å². The first kappa shape index (κ1) is 18.3. The molecule has 1 saturated carbocycles. The Morgan fingerprint density at radius 3 is 2.46 bits per heavy atom. The molecule has 3 fully saturated rings. The van der Waals surface area contributed by atoms with E-state index in [1.165, 1.54) is 24.8 Å². The molecule has 3 aliphatic heterocycles. The van der Waals surface area contributed by atoms with Gasteiger partial charge in [0.05, 0.1) is 12.6 Å². The average Bonchev–Trinajstić information content (AvgIpc) is 3.18. The van der Waals surface area contributed by atoms with Gasteiger partial charge in [-0.15, -0.1) is 0 Å². The number of likely N-dealkylation sites (tertiary alicyclic amines) is 1. The molecule has 4 aliphatic rings. The molecule has 1 aromatic rings. The van der Waals surface area contributed by atoms with Gasteiger partial charge in [0.2, 0.25) is 5.91 Å². The van der Waals surface area contributed by atoms with Crippen LogP contribution in [0.15, 0.2) is 18.2 Å². The number of rotatable bonds is 4. The summed E-state index contributed by atoms with van der Waals surface area (Å²) in [6, 6.07) is 7.14. The van der Waals surface area contributed by atoms with Crippen LogP contribution in [0, 0.1) is 0 Å². The maximum absolute atomic E-state index is 13.1. The van der Waals surface area contributed by atoms with Crippen LogP contribution in [0.25, 0.3) is 0 Å². The fourth-order valence-corrected chi connectivity index (χ4v) is 5.00. The normalized spacial score (nSPS) is 26.3. The van der Waals surface area contributed by atoms with Crippen LogP contribution >= 0.6 is 0 Å². The lowest BCUT2D eigenvalue weighted by Crippen LogP contribution is -2.54. The molecular weight excluding hydrogens is 354 g/mol. The molecule has 152 valence electrons. The number of carbonyl (C=O) groups is 1. The fourth-order valence-electron chi connectivity index (χ4n) is 5.00. The zero-order chi connectivity index (χ0) is 18.9. The van der Waals surface area contributed by atoms with Crippen LogP contribution in [-0.2, 0) is 4.79 Å². The van der Waals surface area contributed by atoms with E-state index in [4.69, 9.17) is 9.47 Å². The lowest BCUT2D eigenvalue weighted by atomic mass is 9.91. The van der Waals surface area contributed by atoms with Gasteiger partial charge >= 0.3 is 0 Å².